The summed E-state index contributed by atoms with van der Waals surface area (Å²) in [4.78, 5) is 0. The minimum absolute atomic E-state index is 0.00133. The summed E-state index contributed by atoms with van der Waals surface area (Å²) < 4.78 is 19.0. The van der Waals surface area contributed by atoms with Gasteiger partial charge in [-0.15, -0.1) is 0 Å². The zero-order valence-electron chi connectivity index (χ0n) is 11.3. The number of hydrogen-bond donors (Lipinski definition) is 2. The van der Waals surface area contributed by atoms with E-state index >= 15 is 0 Å². The lowest BCUT2D eigenvalue weighted by atomic mass is 9.93. The highest BCUT2D eigenvalue weighted by molar-refractivity contribution is 7.99. The Morgan fingerprint density at radius 1 is 1.35 bits per heavy atom. The summed E-state index contributed by atoms with van der Waals surface area (Å²) >= 11 is 2.02. The molecule has 1 unspecified atom stereocenters. The first-order valence-electron chi connectivity index (χ1n) is 6.99. The Morgan fingerprint density at radius 2 is 2.15 bits per heavy atom. The monoisotopic (exact) mass is 294 g/mol. The summed E-state index contributed by atoms with van der Waals surface area (Å²) in [5.41, 5.74) is 3.56. The molecular formula is C15H19FN2OS. The zero-order chi connectivity index (χ0) is 13.9. The number of hydrogen-bond acceptors (Lipinski definition) is 4. The van der Waals surface area contributed by atoms with E-state index < -0.39 is 0 Å². The van der Waals surface area contributed by atoms with Crippen molar-refractivity contribution >= 4 is 22.7 Å². The van der Waals surface area contributed by atoms with E-state index in [1.54, 1.807) is 6.07 Å². The number of hydrazine groups is 1. The van der Waals surface area contributed by atoms with Crippen LogP contribution < -0.4 is 11.3 Å². The summed E-state index contributed by atoms with van der Waals surface area (Å²) in [6, 6.07) is 6.46. The molecule has 3 nitrogen and oxygen atoms in total. The minimum atomic E-state index is -0.244. The van der Waals surface area contributed by atoms with Gasteiger partial charge in [0.2, 0.25) is 0 Å². The van der Waals surface area contributed by atoms with E-state index in [0.29, 0.717) is 11.5 Å². The smallest absolute Gasteiger partial charge is 0.134 e. The van der Waals surface area contributed by atoms with Gasteiger partial charge in [-0.05, 0) is 61.0 Å². The minimum Gasteiger partial charge on any atom is -0.459 e. The highest BCUT2D eigenvalue weighted by Crippen LogP contribution is 2.33. The second kappa shape index (κ2) is 6.16. The Kier molecular flexibility index (Phi) is 4.29. The molecule has 1 fully saturated rings. The number of nitrogens with two attached hydrogens (primary N) is 1. The molecule has 0 radical (unpaired) electrons. The van der Waals surface area contributed by atoms with E-state index in [-0.39, 0.29) is 11.9 Å². The number of halogens is 1. The quantitative estimate of drug-likeness (QED) is 0.668. The summed E-state index contributed by atoms with van der Waals surface area (Å²) in [6.07, 6.45) is 3.44. The highest BCUT2D eigenvalue weighted by Gasteiger charge is 2.22. The third-order valence-electron chi connectivity index (χ3n) is 3.95. The van der Waals surface area contributed by atoms with Crippen LogP contribution in [0.1, 0.15) is 31.1 Å². The molecule has 2 heterocycles. The number of fused-ring (bicyclic) bond motifs is 1. The molecule has 1 aromatic carbocycles. The van der Waals surface area contributed by atoms with Gasteiger partial charge in [-0.1, -0.05) is 0 Å². The van der Waals surface area contributed by atoms with Gasteiger partial charge >= 0.3 is 0 Å². The van der Waals surface area contributed by atoms with Crippen LogP contribution >= 0.6 is 11.8 Å². The van der Waals surface area contributed by atoms with Gasteiger partial charge in [0.1, 0.15) is 17.2 Å². The molecule has 1 aliphatic heterocycles. The molecule has 1 aromatic heterocycles. The number of benzene rings is 1. The number of nitrogens with one attached hydrogen (secondary N) is 1. The first kappa shape index (κ1) is 13.9. The predicted octanol–water partition coefficient (Wildman–Crippen LogP) is 3.61. The van der Waals surface area contributed by atoms with Crippen molar-refractivity contribution in [3.05, 3.63) is 35.8 Å². The van der Waals surface area contributed by atoms with Crippen LogP contribution in [0.25, 0.3) is 11.0 Å². The third-order valence-corrected chi connectivity index (χ3v) is 5.00. The number of thioether (sulfide) groups is 1. The van der Waals surface area contributed by atoms with E-state index in [2.05, 4.69) is 5.43 Å². The molecule has 1 saturated heterocycles. The van der Waals surface area contributed by atoms with E-state index in [9.17, 15) is 4.39 Å². The van der Waals surface area contributed by atoms with Crippen molar-refractivity contribution in [3.63, 3.8) is 0 Å². The molecule has 0 saturated carbocycles. The lowest BCUT2D eigenvalue weighted by Gasteiger charge is -2.24. The summed E-state index contributed by atoms with van der Waals surface area (Å²) in [7, 11) is 0. The molecule has 3 rings (SSSR count). The second-order valence-corrected chi connectivity index (χ2v) is 6.57. The van der Waals surface area contributed by atoms with Crippen LogP contribution in [0.15, 0.2) is 28.7 Å². The van der Waals surface area contributed by atoms with Crippen molar-refractivity contribution in [1.82, 2.24) is 5.43 Å². The molecule has 1 atom stereocenters. The van der Waals surface area contributed by atoms with Gasteiger partial charge in [0.05, 0.1) is 6.04 Å². The predicted molar refractivity (Wildman–Crippen MR) is 80.9 cm³/mol. The summed E-state index contributed by atoms with van der Waals surface area (Å²) in [5.74, 6) is 9.38. The molecule has 20 heavy (non-hydrogen) atoms. The SMILES string of the molecule is NNC(CC1CCSCC1)c1cc2cc(F)ccc2o1. The van der Waals surface area contributed by atoms with E-state index in [1.165, 1.54) is 36.5 Å². The molecule has 0 spiro atoms. The van der Waals surface area contributed by atoms with Crippen LogP contribution in [-0.4, -0.2) is 11.5 Å². The average Bonchev–Trinajstić information content (AvgIpc) is 2.88. The Morgan fingerprint density at radius 3 is 2.90 bits per heavy atom. The van der Waals surface area contributed by atoms with Crippen molar-refractivity contribution in [2.24, 2.45) is 11.8 Å². The molecule has 0 bridgehead atoms. The fourth-order valence-electron chi connectivity index (χ4n) is 2.79. The van der Waals surface area contributed by atoms with Gasteiger partial charge in [-0.25, -0.2) is 9.82 Å². The Labute approximate surface area is 122 Å². The summed E-state index contributed by atoms with van der Waals surface area (Å²) in [6.45, 7) is 0. The molecule has 0 aliphatic carbocycles. The molecule has 3 N–H and O–H groups in total. The molecule has 108 valence electrons. The van der Waals surface area contributed by atoms with Gasteiger partial charge < -0.3 is 4.42 Å². The second-order valence-electron chi connectivity index (χ2n) is 5.34. The number of furan rings is 1. The average molecular weight is 294 g/mol. The molecular weight excluding hydrogens is 275 g/mol. The van der Waals surface area contributed by atoms with Crippen molar-refractivity contribution < 1.29 is 8.81 Å². The van der Waals surface area contributed by atoms with Crippen molar-refractivity contribution in [3.8, 4) is 0 Å². The van der Waals surface area contributed by atoms with Crippen LogP contribution in [0.3, 0.4) is 0 Å². The molecule has 1 aliphatic rings. The first-order chi connectivity index (χ1) is 9.76. The van der Waals surface area contributed by atoms with Crippen LogP contribution in [0.5, 0.6) is 0 Å². The van der Waals surface area contributed by atoms with Gasteiger partial charge in [0.15, 0.2) is 0 Å². The van der Waals surface area contributed by atoms with Gasteiger partial charge in [-0.2, -0.15) is 11.8 Å². The fourth-order valence-corrected chi connectivity index (χ4v) is 3.99. The van der Waals surface area contributed by atoms with Crippen LogP contribution in [0.2, 0.25) is 0 Å². The van der Waals surface area contributed by atoms with E-state index in [0.717, 1.165) is 17.6 Å². The van der Waals surface area contributed by atoms with Crippen molar-refractivity contribution in [1.29, 1.82) is 0 Å². The van der Waals surface area contributed by atoms with Gasteiger partial charge in [-0.3, -0.25) is 5.84 Å². The van der Waals surface area contributed by atoms with E-state index in [4.69, 9.17) is 10.3 Å². The standard InChI is InChI=1S/C15H19FN2OS/c16-12-1-2-14-11(8-12)9-15(19-14)13(18-17)7-10-3-5-20-6-4-10/h1-2,8-10,13,18H,3-7,17H2. The fraction of sp³-hybridized carbons (Fsp3) is 0.467. The molecule has 5 heteroatoms. The van der Waals surface area contributed by atoms with Gasteiger partial charge in [0.25, 0.3) is 0 Å². The number of rotatable bonds is 4. The lowest BCUT2D eigenvalue weighted by Crippen LogP contribution is -2.30. The topological polar surface area (TPSA) is 51.2 Å². The largest absolute Gasteiger partial charge is 0.459 e. The highest BCUT2D eigenvalue weighted by atomic mass is 32.2. The normalized spacial score (nSPS) is 18.5. The Hall–Kier alpha value is -1.04. The zero-order valence-corrected chi connectivity index (χ0v) is 12.1. The van der Waals surface area contributed by atoms with Crippen LogP contribution in [0.4, 0.5) is 4.39 Å². The molecule has 2 aromatic rings. The third kappa shape index (κ3) is 3.00. The van der Waals surface area contributed by atoms with Crippen molar-refractivity contribution in [2.75, 3.05) is 11.5 Å². The van der Waals surface area contributed by atoms with Crippen LogP contribution in [-0.2, 0) is 0 Å². The Balaban J connectivity index is 1.79. The molecule has 0 amide bonds. The maximum atomic E-state index is 13.2. The van der Waals surface area contributed by atoms with Gasteiger partial charge in [0, 0.05) is 5.39 Å². The lowest BCUT2D eigenvalue weighted by molar-refractivity contribution is 0.337. The Bertz CT molecular complexity index is 580. The van der Waals surface area contributed by atoms with Crippen LogP contribution in [0, 0.1) is 11.7 Å². The van der Waals surface area contributed by atoms with E-state index in [1.807, 2.05) is 17.8 Å². The maximum Gasteiger partial charge on any atom is 0.134 e. The maximum absolute atomic E-state index is 13.2. The van der Waals surface area contributed by atoms with Crippen molar-refractivity contribution in [2.45, 2.75) is 25.3 Å². The first-order valence-corrected chi connectivity index (χ1v) is 8.14. The summed E-state index contributed by atoms with van der Waals surface area (Å²) in [5, 5.41) is 0.791.